The minimum Gasteiger partial charge on any atom is -0.489 e. The first-order valence-corrected chi connectivity index (χ1v) is 6.59. The Bertz CT molecular complexity index is 486. The van der Waals surface area contributed by atoms with Gasteiger partial charge in [-0.05, 0) is 38.5 Å². The Morgan fingerprint density at radius 1 is 1.48 bits per heavy atom. The number of nitrogens with two attached hydrogens (primary N) is 1. The molecule has 1 aromatic rings. The van der Waals surface area contributed by atoms with Crippen LogP contribution >= 0.6 is 24.0 Å². The molecule has 0 unspecified atom stereocenters. The van der Waals surface area contributed by atoms with Crippen molar-refractivity contribution in [1.82, 2.24) is 0 Å². The Balaban J connectivity index is 0.00000400. The molecule has 0 amide bonds. The second kappa shape index (κ2) is 7.82. The van der Waals surface area contributed by atoms with Crippen molar-refractivity contribution in [2.75, 3.05) is 13.7 Å². The zero-order valence-electron chi connectivity index (χ0n) is 12.4. The maximum atomic E-state index is 13.9. The number of hydrogen-bond acceptors (Lipinski definition) is 4. The molecule has 1 rings (SSSR count). The number of carbonyl (C=O) groups is 1. The molecule has 0 fully saturated rings. The molecule has 0 aliphatic heterocycles. The van der Waals surface area contributed by atoms with Gasteiger partial charge in [-0.2, -0.15) is 0 Å². The van der Waals surface area contributed by atoms with Crippen LogP contribution in [0.25, 0.3) is 0 Å². The first-order valence-electron chi connectivity index (χ1n) is 6.21. The average molecular weight is 340 g/mol. The number of halogens is 3. The Morgan fingerprint density at radius 3 is 2.48 bits per heavy atom. The molecule has 21 heavy (non-hydrogen) atoms. The number of ether oxygens (including phenoxy) is 2. The SMILES string of the molecule is CCOc1c(F)cc([C@H](N)C(C)(C)C(=O)OC)cc1Cl.Cl. The molecule has 0 aliphatic carbocycles. The van der Waals surface area contributed by atoms with E-state index in [0.717, 1.165) is 0 Å². The van der Waals surface area contributed by atoms with Gasteiger partial charge in [-0.1, -0.05) is 11.6 Å². The smallest absolute Gasteiger partial charge is 0.313 e. The summed E-state index contributed by atoms with van der Waals surface area (Å²) in [6, 6.07) is 1.98. The van der Waals surface area contributed by atoms with Crippen molar-refractivity contribution in [1.29, 1.82) is 0 Å². The lowest BCUT2D eigenvalue weighted by atomic mass is 9.81. The zero-order valence-corrected chi connectivity index (χ0v) is 14.0. The van der Waals surface area contributed by atoms with Crippen molar-refractivity contribution in [2.45, 2.75) is 26.8 Å². The van der Waals surface area contributed by atoms with Crippen LogP contribution in [0.2, 0.25) is 5.02 Å². The molecule has 120 valence electrons. The summed E-state index contributed by atoms with van der Waals surface area (Å²) < 4.78 is 23.8. The van der Waals surface area contributed by atoms with Crippen LogP contribution in [0, 0.1) is 11.2 Å². The summed E-state index contributed by atoms with van der Waals surface area (Å²) in [5.41, 5.74) is 5.45. The Morgan fingerprint density at radius 2 is 2.05 bits per heavy atom. The zero-order chi connectivity index (χ0) is 15.5. The quantitative estimate of drug-likeness (QED) is 0.834. The lowest BCUT2D eigenvalue weighted by molar-refractivity contribution is -0.152. The van der Waals surface area contributed by atoms with Gasteiger partial charge in [-0.3, -0.25) is 4.79 Å². The van der Waals surface area contributed by atoms with Gasteiger partial charge in [0.05, 0.1) is 24.2 Å². The molecule has 1 aromatic carbocycles. The van der Waals surface area contributed by atoms with Crippen LogP contribution in [-0.4, -0.2) is 19.7 Å². The lowest BCUT2D eigenvalue weighted by Crippen LogP contribution is -2.37. The fourth-order valence-corrected chi connectivity index (χ4v) is 2.12. The summed E-state index contributed by atoms with van der Waals surface area (Å²) in [5, 5.41) is 0.123. The van der Waals surface area contributed by atoms with Crippen LogP contribution in [0.15, 0.2) is 12.1 Å². The van der Waals surface area contributed by atoms with Gasteiger partial charge >= 0.3 is 5.97 Å². The summed E-state index contributed by atoms with van der Waals surface area (Å²) in [5.74, 6) is -1.10. The molecular formula is C14H20Cl2FNO3. The number of rotatable bonds is 5. The summed E-state index contributed by atoms with van der Waals surface area (Å²) >= 11 is 5.98. The van der Waals surface area contributed by atoms with E-state index in [2.05, 4.69) is 0 Å². The molecule has 0 bridgehead atoms. The van der Waals surface area contributed by atoms with Gasteiger partial charge in [-0.25, -0.2) is 4.39 Å². The third-order valence-corrected chi connectivity index (χ3v) is 3.44. The summed E-state index contributed by atoms with van der Waals surface area (Å²) in [7, 11) is 1.28. The molecule has 7 heteroatoms. The van der Waals surface area contributed by atoms with Crippen LogP contribution < -0.4 is 10.5 Å². The predicted molar refractivity (Wildman–Crippen MR) is 82.6 cm³/mol. The van der Waals surface area contributed by atoms with E-state index in [9.17, 15) is 9.18 Å². The number of methoxy groups -OCH3 is 1. The van der Waals surface area contributed by atoms with Gasteiger partial charge in [0.15, 0.2) is 11.6 Å². The molecule has 0 aromatic heterocycles. The number of esters is 1. The molecular weight excluding hydrogens is 320 g/mol. The average Bonchev–Trinajstić information content (AvgIpc) is 2.40. The van der Waals surface area contributed by atoms with Gasteiger partial charge < -0.3 is 15.2 Å². The van der Waals surface area contributed by atoms with E-state index in [-0.39, 0.29) is 23.2 Å². The molecule has 0 saturated heterocycles. The molecule has 0 aliphatic rings. The van der Waals surface area contributed by atoms with E-state index in [1.54, 1.807) is 20.8 Å². The van der Waals surface area contributed by atoms with Crippen LogP contribution in [0.4, 0.5) is 4.39 Å². The first kappa shape index (κ1) is 20.0. The van der Waals surface area contributed by atoms with Crippen molar-refractivity contribution >= 4 is 30.0 Å². The number of carbonyl (C=O) groups excluding carboxylic acids is 1. The summed E-state index contributed by atoms with van der Waals surface area (Å²) in [6.45, 7) is 5.29. The predicted octanol–water partition coefficient (Wildman–Crippen LogP) is 3.50. The Labute approximate surface area is 135 Å². The summed E-state index contributed by atoms with van der Waals surface area (Å²) in [6.07, 6.45) is 0. The molecule has 1 atom stereocenters. The van der Waals surface area contributed by atoms with Crippen LogP contribution in [-0.2, 0) is 9.53 Å². The Kier molecular flexibility index (Phi) is 7.44. The van der Waals surface area contributed by atoms with Crippen LogP contribution in [0.5, 0.6) is 5.75 Å². The molecule has 0 heterocycles. The fraction of sp³-hybridized carbons (Fsp3) is 0.500. The van der Waals surface area contributed by atoms with Crippen molar-refractivity contribution in [3.8, 4) is 5.75 Å². The highest BCUT2D eigenvalue weighted by Crippen LogP contribution is 2.37. The van der Waals surface area contributed by atoms with Gasteiger partial charge in [0.25, 0.3) is 0 Å². The van der Waals surface area contributed by atoms with Gasteiger partial charge in [0, 0.05) is 6.04 Å². The standard InChI is InChI=1S/C14H19ClFNO3.ClH/c1-5-20-11-9(15)6-8(7-10(11)16)12(17)14(2,3)13(18)19-4;/h6-7,12H,5,17H2,1-4H3;1H/t12-;/m0./s1. The maximum absolute atomic E-state index is 13.9. The second-order valence-corrected chi connectivity index (χ2v) is 5.34. The van der Waals surface area contributed by atoms with E-state index in [1.165, 1.54) is 19.2 Å². The second-order valence-electron chi connectivity index (χ2n) is 4.94. The van der Waals surface area contributed by atoms with E-state index in [0.29, 0.717) is 12.2 Å². The third kappa shape index (κ3) is 4.22. The molecule has 4 nitrogen and oxygen atoms in total. The minimum absolute atomic E-state index is 0. The summed E-state index contributed by atoms with van der Waals surface area (Å²) in [4.78, 5) is 11.7. The van der Waals surface area contributed by atoms with Gasteiger partial charge in [0.2, 0.25) is 0 Å². The topological polar surface area (TPSA) is 61.5 Å². The largest absolute Gasteiger partial charge is 0.489 e. The van der Waals surface area contributed by atoms with Crippen LogP contribution in [0.3, 0.4) is 0 Å². The first-order chi connectivity index (χ1) is 9.25. The van der Waals surface area contributed by atoms with E-state index in [4.69, 9.17) is 26.8 Å². The third-order valence-electron chi connectivity index (χ3n) is 3.16. The van der Waals surface area contributed by atoms with Crippen molar-refractivity contribution < 1.29 is 18.7 Å². The highest BCUT2D eigenvalue weighted by molar-refractivity contribution is 6.32. The Hall–Kier alpha value is -1.04. The fourth-order valence-electron chi connectivity index (χ4n) is 1.85. The highest BCUT2D eigenvalue weighted by Gasteiger charge is 2.37. The van der Waals surface area contributed by atoms with Crippen molar-refractivity contribution in [3.05, 3.63) is 28.5 Å². The van der Waals surface area contributed by atoms with Crippen LogP contribution in [0.1, 0.15) is 32.4 Å². The van der Waals surface area contributed by atoms with Crippen molar-refractivity contribution in [2.24, 2.45) is 11.1 Å². The lowest BCUT2D eigenvalue weighted by Gasteiger charge is -2.29. The minimum atomic E-state index is -1.00. The number of hydrogen-bond donors (Lipinski definition) is 1. The highest BCUT2D eigenvalue weighted by atomic mass is 35.5. The van der Waals surface area contributed by atoms with E-state index >= 15 is 0 Å². The molecule has 2 N–H and O–H groups in total. The van der Waals surface area contributed by atoms with E-state index in [1.807, 2.05) is 0 Å². The normalized spacial score (nSPS) is 12.3. The number of benzene rings is 1. The van der Waals surface area contributed by atoms with E-state index < -0.39 is 23.2 Å². The van der Waals surface area contributed by atoms with Crippen molar-refractivity contribution in [3.63, 3.8) is 0 Å². The molecule has 0 radical (unpaired) electrons. The maximum Gasteiger partial charge on any atom is 0.313 e. The van der Waals surface area contributed by atoms with Gasteiger partial charge in [-0.15, -0.1) is 12.4 Å². The van der Waals surface area contributed by atoms with Gasteiger partial charge in [0.1, 0.15) is 0 Å². The molecule has 0 saturated carbocycles. The molecule has 0 spiro atoms. The monoisotopic (exact) mass is 339 g/mol.